The normalized spacial score (nSPS) is 10.2. The van der Waals surface area contributed by atoms with E-state index < -0.39 is 5.56 Å². The highest BCUT2D eigenvalue weighted by molar-refractivity contribution is 5.94. The standard InChI is InChI=1S/C11H16N2O4/c1-2-3-13(4-5-14)11(17)8-6-9(15)12-10(16)7-8/h6-7,14H,2-5H2,1H3,(H2,12,15,16). The maximum absolute atomic E-state index is 12.0. The van der Waals surface area contributed by atoms with Gasteiger partial charge in [-0.3, -0.25) is 14.6 Å². The Morgan fingerprint density at radius 1 is 1.41 bits per heavy atom. The van der Waals surface area contributed by atoms with Crippen molar-refractivity contribution in [1.82, 2.24) is 9.88 Å². The first kappa shape index (κ1) is 13.2. The number of aliphatic hydroxyl groups is 1. The highest BCUT2D eigenvalue weighted by Gasteiger charge is 2.15. The summed E-state index contributed by atoms with van der Waals surface area (Å²) >= 11 is 0. The van der Waals surface area contributed by atoms with Crippen molar-refractivity contribution in [2.45, 2.75) is 13.3 Å². The summed E-state index contributed by atoms with van der Waals surface area (Å²) in [6.07, 6.45) is 0.751. The number of nitrogens with zero attached hydrogens (tertiary/aromatic N) is 1. The summed E-state index contributed by atoms with van der Waals surface area (Å²) in [5.41, 5.74) is -0.415. The van der Waals surface area contributed by atoms with Gasteiger partial charge in [0.2, 0.25) is 0 Å². The van der Waals surface area contributed by atoms with Gasteiger partial charge in [0, 0.05) is 25.2 Å². The third-order valence-electron chi connectivity index (χ3n) is 2.23. The van der Waals surface area contributed by atoms with E-state index in [1.165, 1.54) is 11.0 Å². The Morgan fingerprint density at radius 3 is 2.65 bits per heavy atom. The Hall–Kier alpha value is -1.82. The number of hydrogen-bond acceptors (Lipinski definition) is 4. The second-order valence-electron chi connectivity index (χ2n) is 3.63. The molecule has 0 unspecified atom stereocenters. The van der Waals surface area contributed by atoms with E-state index in [0.29, 0.717) is 6.54 Å². The first-order valence-corrected chi connectivity index (χ1v) is 5.42. The van der Waals surface area contributed by atoms with E-state index >= 15 is 0 Å². The summed E-state index contributed by atoms with van der Waals surface area (Å²) in [7, 11) is 0. The minimum Gasteiger partial charge on any atom is -0.494 e. The van der Waals surface area contributed by atoms with Crippen LogP contribution in [0, 0.1) is 0 Å². The van der Waals surface area contributed by atoms with Gasteiger partial charge < -0.3 is 15.1 Å². The molecule has 3 N–H and O–H groups in total. The zero-order valence-electron chi connectivity index (χ0n) is 9.64. The van der Waals surface area contributed by atoms with Gasteiger partial charge in [0.15, 0.2) is 5.88 Å². The number of H-pyrrole nitrogens is 1. The van der Waals surface area contributed by atoms with E-state index in [2.05, 4.69) is 4.98 Å². The van der Waals surface area contributed by atoms with Crippen LogP contribution in [0.4, 0.5) is 0 Å². The number of rotatable bonds is 5. The van der Waals surface area contributed by atoms with Gasteiger partial charge >= 0.3 is 0 Å². The van der Waals surface area contributed by atoms with Gasteiger partial charge in [0.1, 0.15) is 0 Å². The molecule has 0 fully saturated rings. The molecule has 0 aliphatic rings. The lowest BCUT2D eigenvalue weighted by Crippen LogP contribution is -2.34. The van der Waals surface area contributed by atoms with Crippen LogP contribution in [0.3, 0.4) is 0 Å². The van der Waals surface area contributed by atoms with Crippen LogP contribution in [0.5, 0.6) is 5.88 Å². The number of aromatic hydroxyl groups is 1. The Morgan fingerprint density at radius 2 is 2.12 bits per heavy atom. The molecule has 0 aliphatic heterocycles. The van der Waals surface area contributed by atoms with E-state index in [4.69, 9.17) is 5.11 Å². The average molecular weight is 240 g/mol. The van der Waals surface area contributed by atoms with Gasteiger partial charge in [-0.1, -0.05) is 6.92 Å². The fourth-order valence-electron chi connectivity index (χ4n) is 1.54. The van der Waals surface area contributed by atoms with E-state index in [9.17, 15) is 14.7 Å². The number of amides is 1. The number of carbonyl (C=O) groups is 1. The van der Waals surface area contributed by atoms with E-state index in [0.717, 1.165) is 12.5 Å². The van der Waals surface area contributed by atoms with Crippen molar-refractivity contribution >= 4 is 5.91 Å². The van der Waals surface area contributed by atoms with Crippen molar-refractivity contribution in [1.29, 1.82) is 0 Å². The first-order valence-electron chi connectivity index (χ1n) is 5.42. The van der Waals surface area contributed by atoms with Crippen molar-refractivity contribution in [2.24, 2.45) is 0 Å². The second-order valence-corrected chi connectivity index (χ2v) is 3.63. The number of aromatic amines is 1. The van der Waals surface area contributed by atoms with Crippen molar-refractivity contribution in [2.75, 3.05) is 19.7 Å². The molecule has 1 amide bonds. The van der Waals surface area contributed by atoms with Crippen molar-refractivity contribution in [3.63, 3.8) is 0 Å². The Balaban J connectivity index is 2.96. The van der Waals surface area contributed by atoms with Crippen LogP contribution in [0.25, 0.3) is 0 Å². The van der Waals surface area contributed by atoms with Crippen LogP contribution in [0.15, 0.2) is 16.9 Å². The zero-order valence-corrected chi connectivity index (χ0v) is 9.64. The molecule has 0 saturated carbocycles. The number of aliphatic hydroxyl groups excluding tert-OH is 1. The van der Waals surface area contributed by atoms with Crippen molar-refractivity contribution in [3.8, 4) is 5.88 Å². The number of carbonyl (C=O) groups excluding carboxylic acids is 1. The van der Waals surface area contributed by atoms with Gasteiger partial charge in [-0.2, -0.15) is 0 Å². The molecule has 1 aromatic rings. The van der Waals surface area contributed by atoms with Gasteiger partial charge in [-0.15, -0.1) is 0 Å². The molecule has 1 rings (SSSR count). The predicted octanol–water partition coefficient (Wildman–Crippen LogP) is -0.0750. The summed E-state index contributed by atoms with van der Waals surface area (Å²) < 4.78 is 0. The number of hydrogen-bond donors (Lipinski definition) is 3. The molecule has 17 heavy (non-hydrogen) atoms. The zero-order chi connectivity index (χ0) is 12.8. The van der Waals surface area contributed by atoms with Crippen molar-refractivity contribution in [3.05, 3.63) is 28.0 Å². The van der Waals surface area contributed by atoms with Crippen LogP contribution in [0.2, 0.25) is 0 Å². The quantitative estimate of drug-likeness (QED) is 0.671. The molecule has 0 radical (unpaired) electrons. The second kappa shape index (κ2) is 6.05. The molecule has 0 saturated heterocycles. The third kappa shape index (κ3) is 3.60. The van der Waals surface area contributed by atoms with Gasteiger partial charge in [-0.25, -0.2) is 0 Å². The number of aromatic nitrogens is 1. The molecule has 6 nitrogen and oxygen atoms in total. The summed E-state index contributed by atoms with van der Waals surface area (Å²) in [4.78, 5) is 26.7. The number of nitrogens with one attached hydrogen (secondary N) is 1. The first-order chi connectivity index (χ1) is 8.08. The molecule has 94 valence electrons. The maximum Gasteiger partial charge on any atom is 0.254 e. The molecule has 0 bridgehead atoms. The van der Waals surface area contributed by atoms with E-state index in [1.54, 1.807) is 0 Å². The topological polar surface area (TPSA) is 93.6 Å². The Labute approximate surface area is 98.5 Å². The average Bonchev–Trinajstić information content (AvgIpc) is 2.26. The minimum absolute atomic E-state index is 0.119. The SMILES string of the molecule is CCCN(CCO)C(=O)c1cc(O)[nH]c(=O)c1. The highest BCUT2D eigenvalue weighted by atomic mass is 16.3. The van der Waals surface area contributed by atoms with E-state index in [-0.39, 0.29) is 30.5 Å². The highest BCUT2D eigenvalue weighted by Crippen LogP contribution is 2.08. The third-order valence-corrected chi connectivity index (χ3v) is 2.23. The molecule has 6 heteroatoms. The lowest BCUT2D eigenvalue weighted by atomic mass is 10.2. The monoisotopic (exact) mass is 240 g/mol. The smallest absolute Gasteiger partial charge is 0.254 e. The summed E-state index contributed by atoms with van der Waals surface area (Å²) in [5, 5.41) is 18.1. The molecule has 1 aromatic heterocycles. The summed E-state index contributed by atoms with van der Waals surface area (Å²) in [6.45, 7) is 2.47. The fraction of sp³-hybridized carbons (Fsp3) is 0.455. The Kier molecular flexibility index (Phi) is 4.71. The largest absolute Gasteiger partial charge is 0.494 e. The van der Waals surface area contributed by atoms with Crippen LogP contribution in [-0.4, -0.2) is 45.7 Å². The van der Waals surface area contributed by atoms with Crippen LogP contribution >= 0.6 is 0 Å². The Bertz CT molecular complexity index is 435. The van der Waals surface area contributed by atoms with Crippen LogP contribution in [0.1, 0.15) is 23.7 Å². The van der Waals surface area contributed by atoms with E-state index in [1.807, 2.05) is 6.92 Å². The van der Waals surface area contributed by atoms with Gasteiger partial charge in [0.05, 0.1) is 12.2 Å². The molecule has 0 aromatic carbocycles. The predicted molar refractivity (Wildman–Crippen MR) is 62.0 cm³/mol. The lowest BCUT2D eigenvalue weighted by Gasteiger charge is -2.20. The molecular formula is C11H16N2O4. The summed E-state index contributed by atoms with van der Waals surface area (Å²) in [5.74, 6) is -0.719. The minimum atomic E-state index is -0.534. The molecule has 0 spiro atoms. The molecule has 0 aliphatic carbocycles. The molecule has 0 atom stereocenters. The summed E-state index contributed by atoms with van der Waals surface area (Å²) in [6, 6.07) is 2.33. The van der Waals surface area contributed by atoms with Crippen LogP contribution < -0.4 is 5.56 Å². The fourth-order valence-corrected chi connectivity index (χ4v) is 1.54. The molecular weight excluding hydrogens is 224 g/mol. The van der Waals surface area contributed by atoms with Gasteiger partial charge in [0.25, 0.3) is 11.5 Å². The lowest BCUT2D eigenvalue weighted by molar-refractivity contribution is 0.0721. The van der Waals surface area contributed by atoms with Crippen molar-refractivity contribution < 1.29 is 15.0 Å². The number of pyridine rings is 1. The molecule has 1 heterocycles. The van der Waals surface area contributed by atoms with Crippen LogP contribution in [-0.2, 0) is 0 Å². The maximum atomic E-state index is 12.0. The van der Waals surface area contributed by atoms with Gasteiger partial charge in [-0.05, 0) is 6.42 Å².